The molecule has 4 amide bonds. The van der Waals surface area contributed by atoms with Crippen molar-refractivity contribution in [3.8, 4) is 0 Å². The molecule has 0 heterocycles. The molecule has 0 rings (SSSR count). The molecule has 204 valence electrons. The van der Waals surface area contributed by atoms with Crippen LogP contribution in [0.15, 0.2) is 0 Å². The van der Waals surface area contributed by atoms with Gasteiger partial charge in [-0.1, -0.05) is 0 Å². The van der Waals surface area contributed by atoms with Crippen LogP contribution in [-0.2, 0) is 33.6 Å². The zero-order valence-electron chi connectivity index (χ0n) is 19.7. The second-order valence-corrected chi connectivity index (χ2v) is 8.77. The summed E-state index contributed by atoms with van der Waals surface area (Å²) in [5.41, 5.74) is 10.7. The minimum atomic E-state index is -1.47. The fraction of sp³-hybridized carbons (Fsp3) is 0.650. The average molecular weight is 536 g/mol. The molecular weight excluding hydrogens is 502 g/mol. The van der Waals surface area contributed by atoms with Crippen LogP contribution in [0.3, 0.4) is 0 Å². The molecule has 0 aliphatic heterocycles. The van der Waals surface area contributed by atoms with E-state index in [9.17, 15) is 38.7 Å². The van der Waals surface area contributed by atoms with E-state index >= 15 is 0 Å². The number of hydrogen-bond acceptors (Lipinski definition) is 9. The van der Waals surface area contributed by atoms with E-state index in [0.717, 1.165) is 0 Å². The van der Waals surface area contributed by atoms with Crippen LogP contribution in [0.2, 0.25) is 0 Å². The summed E-state index contributed by atoms with van der Waals surface area (Å²) in [4.78, 5) is 82.3. The molecule has 0 spiro atoms. The summed E-state index contributed by atoms with van der Waals surface area (Å²) in [6.45, 7) is 0. The second-order valence-electron chi connectivity index (χ2n) is 7.78. The zero-order chi connectivity index (χ0) is 27.8. The monoisotopic (exact) mass is 535 g/mol. The van der Waals surface area contributed by atoms with Gasteiger partial charge in [-0.15, -0.1) is 0 Å². The highest BCUT2D eigenvalue weighted by Crippen LogP contribution is 2.06. The van der Waals surface area contributed by atoms with Crippen molar-refractivity contribution in [3.63, 3.8) is 0 Å². The second kappa shape index (κ2) is 17.1. The highest BCUT2D eigenvalue weighted by Gasteiger charge is 2.30. The smallest absolute Gasteiger partial charge is 0.326 e. The SMILES string of the molecule is CSCCC(NC(=O)C(CCC(N)=O)NC(=O)C(CCC(=O)O)NC(=O)C(N)CCC(=O)O)C(=O)O. The lowest BCUT2D eigenvalue weighted by atomic mass is 10.1. The molecule has 0 fully saturated rings. The molecule has 15 nitrogen and oxygen atoms in total. The van der Waals surface area contributed by atoms with Crippen molar-refractivity contribution in [1.82, 2.24) is 16.0 Å². The maximum atomic E-state index is 12.9. The molecule has 36 heavy (non-hydrogen) atoms. The van der Waals surface area contributed by atoms with Crippen LogP contribution in [0.25, 0.3) is 0 Å². The van der Waals surface area contributed by atoms with Gasteiger partial charge in [-0.2, -0.15) is 11.8 Å². The van der Waals surface area contributed by atoms with Crippen LogP contribution in [-0.4, -0.2) is 93.0 Å². The molecule has 0 aromatic carbocycles. The van der Waals surface area contributed by atoms with Gasteiger partial charge in [-0.3, -0.25) is 28.8 Å². The van der Waals surface area contributed by atoms with Gasteiger partial charge in [0.15, 0.2) is 0 Å². The van der Waals surface area contributed by atoms with E-state index in [1.165, 1.54) is 11.8 Å². The third-order valence-corrected chi connectivity index (χ3v) is 5.47. The number of carboxylic acids is 3. The Bertz CT molecular complexity index is 825. The Kier molecular flexibility index (Phi) is 15.5. The van der Waals surface area contributed by atoms with Crippen molar-refractivity contribution in [2.45, 2.75) is 69.1 Å². The highest BCUT2D eigenvalue weighted by atomic mass is 32.2. The van der Waals surface area contributed by atoms with Crippen molar-refractivity contribution < 1.29 is 48.9 Å². The van der Waals surface area contributed by atoms with Crippen LogP contribution in [0.5, 0.6) is 0 Å². The van der Waals surface area contributed by atoms with E-state index < -0.39 is 85.0 Å². The summed E-state index contributed by atoms with van der Waals surface area (Å²) in [5.74, 6) is -6.98. The quantitative estimate of drug-likeness (QED) is 0.0860. The molecule has 0 bridgehead atoms. The highest BCUT2D eigenvalue weighted by molar-refractivity contribution is 7.98. The van der Waals surface area contributed by atoms with Gasteiger partial charge in [0.2, 0.25) is 23.6 Å². The predicted octanol–water partition coefficient (Wildman–Crippen LogP) is -2.40. The molecule has 0 saturated heterocycles. The average Bonchev–Trinajstić information content (AvgIpc) is 2.79. The van der Waals surface area contributed by atoms with Crippen LogP contribution in [0.1, 0.15) is 44.9 Å². The minimum absolute atomic E-state index is 0.0876. The van der Waals surface area contributed by atoms with Gasteiger partial charge in [-0.05, 0) is 37.7 Å². The lowest BCUT2D eigenvalue weighted by Crippen LogP contribution is -2.57. The maximum Gasteiger partial charge on any atom is 0.326 e. The molecule has 0 aliphatic carbocycles. The first-order chi connectivity index (χ1) is 16.8. The topological polar surface area (TPSA) is 268 Å². The lowest BCUT2D eigenvalue weighted by Gasteiger charge is -2.25. The van der Waals surface area contributed by atoms with Gasteiger partial charge in [0.1, 0.15) is 18.1 Å². The van der Waals surface area contributed by atoms with Gasteiger partial charge in [-0.25, -0.2) is 4.79 Å². The third kappa shape index (κ3) is 14.1. The Morgan fingerprint density at radius 2 is 1.14 bits per heavy atom. The number of hydrogen-bond donors (Lipinski definition) is 8. The van der Waals surface area contributed by atoms with Crippen LogP contribution in [0, 0.1) is 0 Å². The number of carbonyl (C=O) groups excluding carboxylic acids is 4. The number of amides is 4. The summed E-state index contributed by atoms with van der Waals surface area (Å²) in [6, 6.07) is -5.47. The fourth-order valence-electron chi connectivity index (χ4n) is 2.82. The molecule has 0 aromatic heterocycles. The predicted molar refractivity (Wildman–Crippen MR) is 127 cm³/mol. The number of carboxylic acid groups (broad SMARTS) is 3. The van der Waals surface area contributed by atoms with E-state index in [-0.39, 0.29) is 25.7 Å². The first-order valence-corrected chi connectivity index (χ1v) is 12.3. The molecule has 16 heteroatoms. The van der Waals surface area contributed by atoms with E-state index in [1.54, 1.807) is 6.26 Å². The number of thioether (sulfide) groups is 1. The molecule has 10 N–H and O–H groups in total. The number of rotatable bonds is 19. The summed E-state index contributed by atoms with van der Waals surface area (Å²) in [7, 11) is 0. The lowest BCUT2D eigenvalue weighted by molar-refractivity contribution is -0.142. The first kappa shape index (κ1) is 32.6. The fourth-order valence-corrected chi connectivity index (χ4v) is 3.29. The number of nitrogens with two attached hydrogens (primary N) is 2. The summed E-state index contributed by atoms with van der Waals surface area (Å²) in [6.07, 6.45) is -0.403. The Balaban J connectivity index is 5.59. The standard InChI is InChI=1S/C20H33N5O10S/c1-36-9-8-13(20(34)35)25-19(33)11(3-5-14(22)26)24-18(32)12(4-7-16(29)30)23-17(31)10(21)2-6-15(27)28/h10-13H,2-9,21H2,1H3,(H2,22,26)(H,23,31)(H,24,32)(H,25,33)(H,27,28)(H,29,30)(H,34,35). The largest absolute Gasteiger partial charge is 0.481 e. The van der Waals surface area contributed by atoms with Gasteiger partial charge in [0, 0.05) is 19.3 Å². The van der Waals surface area contributed by atoms with Crippen molar-refractivity contribution in [3.05, 3.63) is 0 Å². The van der Waals surface area contributed by atoms with Crippen molar-refractivity contribution in [1.29, 1.82) is 0 Å². The molecule has 4 unspecified atom stereocenters. The van der Waals surface area contributed by atoms with Crippen LogP contribution in [0.4, 0.5) is 0 Å². The molecule has 0 radical (unpaired) electrons. The number of carbonyl (C=O) groups is 7. The van der Waals surface area contributed by atoms with E-state index in [2.05, 4.69) is 16.0 Å². The van der Waals surface area contributed by atoms with Crippen LogP contribution < -0.4 is 27.4 Å². The summed E-state index contributed by atoms with van der Waals surface area (Å²) in [5, 5.41) is 33.8. The Hall–Kier alpha value is -3.40. The van der Waals surface area contributed by atoms with Crippen molar-refractivity contribution in [2.75, 3.05) is 12.0 Å². The van der Waals surface area contributed by atoms with E-state index in [1.807, 2.05) is 0 Å². The number of aliphatic carboxylic acids is 3. The molecule has 0 saturated carbocycles. The van der Waals surface area contributed by atoms with E-state index in [0.29, 0.717) is 5.75 Å². The molecule has 0 aliphatic rings. The summed E-state index contributed by atoms with van der Waals surface area (Å²) >= 11 is 1.36. The zero-order valence-corrected chi connectivity index (χ0v) is 20.5. The van der Waals surface area contributed by atoms with Crippen molar-refractivity contribution >= 4 is 53.3 Å². The number of primary amides is 1. The molecule has 0 aromatic rings. The van der Waals surface area contributed by atoms with Crippen molar-refractivity contribution in [2.24, 2.45) is 11.5 Å². The van der Waals surface area contributed by atoms with Gasteiger partial charge in [0.25, 0.3) is 0 Å². The van der Waals surface area contributed by atoms with Gasteiger partial charge in [0.05, 0.1) is 6.04 Å². The Labute approximate surface area is 211 Å². The summed E-state index contributed by atoms with van der Waals surface area (Å²) < 4.78 is 0. The minimum Gasteiger partial charge on any atom is -0.481 e. The third-order valence-electron chi connectivity index (χ3n) is 4.82. The molecular formula is C20H33N5O10S. The first-order valence-electron chi connectivity index (χ1n) is 10.9. The maximum absolute atomic E-state index is 12.9. The van der Waals surface area contributed by atoms with E-state index in [4.69, 9.17) is 21.7 Å². The number of nitrogens with one attached hydrogen (secondary N) is 3. The Morgan fingerprint density at radius 3 is 1.58 bits per heavy atom. The normalized spacial score (nSPS) is 13.9. The van der Waals surface area contributed by atoms with Gasteiger partial charge < -0.3 is 42.7 Å². The Morgan fingerprint density at radius 1 is 0.694 bits per heavy atom. The molecule has 4 atom stereocenters. The van der Waals surface area contributed by atoms with Gasteiger partial charge >= 0.3 is 17.9 Å². The van der Waals surface area contributed by atoms with Crippen LogP contribution >= 0.6 is 11.8 Å².